The Morgan fingerprint density at radius 2 is 1.49 bits per heavy atom. The Morgan fingerprint density at radius 1 is 0.800 bits per heavy atom. The van der Waals surface area contributed by atoms with Gasteiger partial charge in [-0.05, 0) is 67.1 Å². The van der Waals surface area contributed by atoms with Crippen LogP contribution >= 0.6 is 0 Å². The van der Waals surface area contributed by atoms with Crippen molar-refractivity contribution in [3.05, 3.63) is 81.5 Å². The summed E-state index contributed by atoms with van der Waals surface area (Å²) >= 11 is 0. The Hall–Kier alpha value is -4.07. The highest BCUT2D eigenvalue weighted by atomic mass is 16.2. The van der Waals surface area contributed by atoms with E-state index in [-0.39, 0.29) is 11.7 Å². The Kier molecular flexibility index (Phi) is 6.52. The molecule has 1 fully saturated rings. The van der Waals surface area contributed by atoms with E-state index in [4.69, 9.17) is 0 Å². The molecule has 0 radical (unpaired) electrons. The van der Waals surface area contributed by atoms with Crippen molar-refractivity contribution in [2.45, 2.75) is 45.1 Å². The molecule has 2 aromatic heterocycles. The van der Waals surface area contributed by atoms with Gasteiger partial charge in [0.2, 0.25) is 5.95 Å². The number of anilines is 5. The van der Waals surface area contributed by atoms with Crippen molar-refractivity contribution in [2.24, 2.45) is 5.92 Å². The second kappa shape index (κ2) is 10.0. The fraction of sp³-hybridized carbons (Fsp3) is 0.296. The molecule has 0 unspecified atom stereocenters. The van der Waals surface area contributed by atoms with Crippen molar-refractivity contribution in [1.29, 1.82) is 0 Å². The zero-order valence-electron chi connectivity index (χ0n) is 19.6. The second-order valence-electron chi connectivity index (χ2n) is 9.07. The Labute approximate surface area is 203 Å². The van der Waals surface area contributed by atoms with Crippen LogP contribution in [-0.4, -0.2) is 21.0 Å². The molecule has 2 aromatic carbocycles. The number of nitrogens with zero attached hydrogens (tertiary/aromatic N) is 3. The van der Waals surface area contributed by atoms with Crippen LogP contribution in [0.2, 0.25) is 0 Å². The summed E-state index contributed by atoms with van der Waals surface area (Å²) in [4.78, 5) is 37.3. The third-order valence-electron chi connectivity index (χ3n) is 6.70. The lowest BCUT2D eigenvalue weighted by Gasteiger charge is -2.29. The second-order valence-corrected chi connectivity index (χ2v) is 9.07. The van der Waals surface area contributed by atoms with Crippen LogP contribution in [-0.2, 0) is 0 Å². The van der Waals surface area contributed by atoms with Crippen LogP contribution in [0.15, 0.2) is 70.6 Å². The van der Waals surface area contributed by atoms with E-state index >= 15 is 0 Å². The van der Waals surface area contributed by atoms with Gasteiger partial charge in [-0.15, -0.1) is 0 Å². The topological polar surface area (TPSA) is 109 Å². The fourth-order valence-electron chi connectivity index (χ4n) is 4.66. The highest BCUT2D eigenvalue weighted by Crippen LogP contribution is 2.29. The zero-order chi connectivity index (χ0) is 24.2. The van der Waals surface area contributed by atoms with Crippen molar-refractivity contribution in [1.82, 2.24) is 15.0 Å². The van der Waals surface area contributed by atoms with Gasteiger partial charge in [-0.25, -0.2) is 4.98 Å². The summed E-state index contributed by atoms with van der Waals surface area (Å²) in [6.07, 6.45) is 11.1. The molecule has 4 aromatic rings. The average Bonchev–Trinajstić information content (AvgIpc) is 2.92. The largest absolute Gasteiger partial charge is 0.377 e. The van der Waals surface area contributed by atoms with Crippen LogP contribution in [0.4, 0.5) is 28.8 Å². The van der Waals surface area contributed by atoms with Crippen molar-refractivity contribution in [3.63, 3.8) is 0 Å². The van der Waals surface area contributed by atoms with E-state index in [1.165, 1.54) is 19.3 Å². The predicted molar refractivity (Wildman–Crippen MR) is 139 cm³/mol. The van der Waals surface area contributed by atoms with Gasteiger partial charge in [0, 0.05) is 30.3 Å². The van der Waals surface area contributed by atoms with Crippen molar-refractivity contribution in [3.8, 4) is 11.1 Å². The molecule has 2 heterocycles. The maximum atomic E-state index is 12.3. The first kappa shape index (κ1) is 22.7. The van der Waals surface area contributed by atoms with E-state index in [2.05, 4.69) is 37.8 Å². The molecule has 178 valence electrons. The number of benzene rings is 1. The van der Waals surface area contributed by atoms with Crippen molar-refractivity contribution in [2.75, 3.05) is 16.0 Å². The monoisotopic (exact) mass is 468 g/mol. The Morgan fingerprint density at radius 3 is 2.23 bits per heavy atom. The van der Waals surface area contributed by atoms with Gasteiger partial charge in [0.15, 0.2) is 0 Å². The van der Waals surface area contributed by atoms with Crippen LogP contribution in [0, 0.1) is 5.92 Å². The van der Waals surface area contributed by atoms with Gasteiger partial charge in [-0.1, -0.05) is 31.4 Å². The van der Waals surface area contributed by atoms with Gasteiger partial charge in [0.25, 0.3) is 10.9 Å². The number of nitrogens with one attached hydrogen (secondary N) is 3. The molecule has 5 rings (SSSR count). The molecular formula is C27H28N6O2. The molecule has 0 bridgehead atoms. The zero-order valence-corrected chi connectivity index (χ0v) is 19.6. The lowest BCUT2D eigenvalue weighted by molar-refractivity contribution is 0.328. The van der Waals surface area contributed by atoms with Gasteiger partial charge in [-0.2, -0.15) is 4.98 Å². The molecule has 0 amide bonds. The lowest BCUT2D eigenvalue weighted by Crippen LogP contribution is -2.40. The first-order valence-corrected chi connectivity index (χ1v) is 12.1. The van der Waals surface area contributed by atoms with E-state index in [9.17, 15) is 9.59 Å². The van der Waals surface area contributed by atoms with Crippen molar-refractivity contribution < 1.29 is 0 Å². The third-order valence-corrected chi connectivity index (χ3v) is 6.70. The Bertz CT molecular complexity index is 1360. The summed E-state index contributed by atoms with van der Waals surface area (Å²) in [7, 11) is 0. The fourth-order valence-corrected chi connectivity index (χ4v) is 4.66. The number of aromatic nitrogens is 3. The summed E-state index contributed by atoms with van der Waals surface area (Å²) in [5.41, 5.74) is 2.62. The first-order chi connectivity index (χ1) is 17.1. The molecule has 8 heteroatoms. The third kappa shape index (κ3) is 5.06. The van der Waals surface area contributed by atoms with Gasteiger partial charge < -0.3 is 16.0 Å². The van der Waals surface area contributed by atoms with Gasteiger partial charge in [0.1, 0.15) is 17.2 Å². The minimum absolute atomic E-state index is 0.136. The van der Waals surface area contributed by atoms with E-state index in [0.29, 0.717) is 23.4 Å². The number of rotatable bonds is 8. The highest BCUT2D eigenvalue weighted by molar-refractivity contribution is 5.78. The first-order valence-electron chi connectivity index (χ1n) is 12.1. The molecule has 0 spiro atoms. The summed E-state index contributed by atoms with van der Waals surface area (Å²) in [5, 5.41) is 9.50. The molecule has 0 saturated heterocycles. The molecule has 1 aliphatic carbocycles. The van der Waals surface area contributed by atoms with Crippen LogP contribution in [0.5, 0.6) is 0 Å². The molecule has 8 nitrogen and oxygen atoms in total. The standard InChI is InChI=1S/C27H28N6O2/c1-17(18-5-3-2-4-6-18)30-23-24(26(35)25(23)34)32-22-13-16-29-27(33-22)31-21-9-7-19(8-10-21)20-11-14-28-15-12-20/h7-18,30H,2-6H2,1H3,(H2,29,31,32,33)/t17-/m1/s1. The average molecular weight is 469 g/mol. The van der Waals surface area contributed by atoms with Crippen LogP contribution in [0.3, 0.4) is 0 Å². The van der Waals surface area contributed by atoms with Gasteiger partial charge in [0.05, 0.1) is 0 Å². The Balaban J connectivity index is 1.27. The maximum absolute atomic E-state index is 12.3. The molecule has 1 saturated carbocycles. The number of hydrogen-bond donors (Lipinski definition) is 3. The number of hydrogen-bond acceptors (Lipinski definition) is 8. The summed E-state index contributed by atoms with van der Waals surface area (Å²) in [5.74, 6) is 1.34. The quantitative estimate of drug-likeness (QED) is 0.310. The molecule has 0 aliphatic heterocycles. The normalized spacial score (nSPS) is 15.0. The maximum Gasteiger partial charge on any atom is 0.253 e. The summed E-state index contributed by atoms with van der Waals surface area (Å²) in [6.45, 7) is 2.09. The van der Waals surface area contributed by atoms with E-state index in [1.807, 2.05) is 36.4 Å². The van der Waals surface area contributed by atoms with Crippen LogP contribution < -0.4 is 26.8 Å². The van der Waals surface area contributed by atoms with E-state index < -0.39 is 10.9 Å². The smallest absolute Gasteiger partial charge is 0.253 e. The lowest BCUT2D eigenvalue weighted by atomic mass is 9.84. The molecule has 1 aliphatic rings. The predicted octanol–water partition coefficient (Wildman–Crippen LogP) is 5.00. The van der Waals surface area contributed by atoms with Crippen LogP contribution in [0.25, 0.3) is 11.1 Å². The van der Waals surface area contributed by atoms with Crippen LogP contribution in [0.1, 0.15) is 39.0 Å². The van der Waals surface area contributed by atoms with Gasteiger partial charge in [-0.3, -0.25) is 14.6 Å². The van der Waals surface area contributed by atoms with Crippen molar-refractivity contribution >= 4 is 28.8 Å². The van der Waals surface area contributed by atoms with Gasteiger partial charge >= 0.3 is 0 Å². The molecule has 1 atom stereocenters. The molecular weight excluding hydrogens is 440 g/mol. The minimum Gasteiger partial charge on any atom is -0.377 e. The molecule has 35 heavy (non-hydrogen) atoms. The van der Waals surface area contributed by atoms with E-state index in [0.717, 1.165) is 29.7 Å². The summed E-state index contributed by atoms with van der Waals surface area (Å²) in [6, 6.07) is 13.6. The molecule has 3 N–H and O–H groups in total. The number of pyridine rings is 1. The summed E-state index contributed by atoms with van der Waals surface area (Å²) < 4.78 is 0. The van der Waals surface area contributed by atoms with E-state index in [1.54, 1.807) is 24.7 Å². The highest BCUT2D eigenvalue weighted by Gasteiger charge is 2.26. The minimum atomic E-state index is -0.525. The SMILES string of the molecule is C[C@@H](Nc1c(Nc2ccnc(Nc3ccc(-c4ccncc4)cc3)n2)c(=O)c1=O)C1CCCCC1.